The van der Waals surface area contributed by atoms with Crippen LogP contribution in [0.25, 0.3) is 0 Å². The molecule has 1 heterocycles. The summed E-state index contributed by atoms with van der Waals surface area (Å²) in [5.41, 5.74) is 0.793. The summed E-state index contributed by atoms with van der Waals surface area (Å²) >= 11 is 0. The monoisotopic (exact) mass is 363 g/mol. The Morgan fingerprint density at radius 1 is 0.808 bits per heavy atom. The minimum Gasteiger partial charge on any atom is -0.372 e. The maximum Gasteiger partial charge on any atom is 0.314 e. The number of hydrogen-bond acceptors (Lipinski definition) is 3. The van der Waals surface area contributed by atoms with Gasteiger partial charge in [-0.25, -0.2) is 13.2 Å². The topological polar surface area (TPSA) is 61.4 Å². The summed E-state index contributed by atoms with van der Waals surface area (Å²) in [5, 5.41) is 4.28. The lowest BCUT2D eigenvalue weighted by atomic mass is 10.2. The molecule has 5 nitrogen and oxygen atoms in total. The number of nitrogens with one attached hydrogen (secondary N) is 2. The molecule has 2 aromatic rings. The van der Waals surface area contributed by atoms with Crippen LogP contribution >= 0.6 is 0 Å². The maximum atomic E-state index is 13.5. The number of benzene rings is 2. The molecule has 26 heavy (non-hydrogen) atoms. The minimum absolute atomic E-state index is 0.388. The van der Waals surface area contributed by atoms with Crippen LogP contribution in [0.3, 0.4) is 0 Å². The van der Waals surface area contributed by atoms with Gasteiger partial charge in [0.15, 0.2) is 17.5 Å². The van der Waals surface area contributed by atoms with Gasteiger partial charge in [-0.1, -0.05) is 0 Å². The molecule has 0 radical (unpaired) electrons. The zero-order valence-electron chi connectivity index (χ0n) is 13.7. The van der Waals surface area contributed by atoms with Gasteiger partial charge >= 0.3 is 11.8 Å². The molecule has 0 unspecified atom stereocenters. The van der Waals surface area contributed by atoms with Crippen molar-refractivity contribution in [3.63, 3.8) is 0 Å². The standard InChI is InChI=1S/C18H16F3N3O2/c19-13-7-8-14(16(21)15(13)20)23-18(26)17(25)22-11-3-5-12(6-4-11)24-9-1-2-10-24/h3-8H,1-2,9-10H2,(H,22,25)(H,23,26). The fourth-order valence-electron chi connectivity index (χ4n) is 2.72. The van der Waals surface area contributed by atoms with Crippen LogP contribution in [0.4, 0.5) is 30.2 Å². The highest BCUT2D eigenvalue weighted by molar-refractivity contribution is 6.43. The van der Waals surface area contributed by atoms with E-state index in [0.717, 1.165) is 37.7 Å². The van der Waals surface area contributed by atoms with Gasteiger partial charge in [0.2, 0.25) is 0 Å². The molecule has 0 aromatic heterocycles. The molecule has 2 amide bonds. The second-order valence-corrected chi connectivity index (χ2v) is 5.87. The average molecular weight is 363 g/mol. The third-order valence-electron chi connectivity index (χ3n) is 4.09. The summed E-state index contributed by atoms with van der Waals surface area (Å²) in [5.74, 6) is -6.92. The van der Waals surface area contributed by atoms with Gasteiger partial charge < -0.3 is 15.5 Å². The first-order valence-electron chi connectivity index (χ1n) is 8.06. The van der Waals surface area contributed by atoms with E-state index in [9.17, 15) is 22.8 Å². The number of halogens is 3. The van der Waals surface area contributed by atoms with E-state index in [4.69, 9.17) is 0 Å². The molecular formula is C18H16F3N3O2. The minimum atomic E-state index is -1.72. The molecule has 0 atom stereocenters. The Balaban J connectivity index is 1.62. The van der Waals surface area contributed by atoms with Gasteiger partial charge in [-0.15, -0.1) is 0 Å². The van der Waals surface area contributed by atoms with E-state index >= 15 is 0 Å². The quantitative estimate of drug-likeness (QED) is 0.650. The smallest absolute Gasteiger partial charge is 0.314 e. The van der Waals surface area contributed by atoms with Crippen LogP contribution in [0.2, 0.25) is 0 Å². The van der Waals surface area contributed by atoms with Crippen molar-refractivity contribution >= 4 is 28.9 Å². The molecule has 0 saturated carbocycles. The molecule has 1 fully saturated rings. The Morgan fingerprint density at radius 3 is 2.08 bits per heavy atom. The van der Waals surface area contributed by atoms with E-state index in [1.807, 2.05) is 17.4 Å². The van der Waals surface area contributed by atoms with Crippen molar-refractivity contribution in [2.24, 2.45) is 0 Å². The molecule has 2 N–H and O–H groups in total. The summed E-state index contributed by atoms with van der Waals surface area (Å²) < 4.78 is 39.6. The van der Waals surface area contributed by atoms with Gasteiger partial charge in [0.25, 0.3) is 0 Å². The van der Waals surface area contributed by atoms with Gasteiger partial charge in [-0.2, -0.15) is 0 Å². The lowest BCUT2D eigenvalue weighted by Gasteiger charge is -2.17. The van der Waals surface area contributed by atoms with Crippen LogP contribution in [-0.2, 0) is 9.59 Å². The van der Waals surface area contributed by atoms with Gasteiger partial charge in [0, 0.05) is 24.5 Å². The van der Waals surface area contributed by atoms with E-state index in [1.165, 1.54) is 0 Å². The van der Waals surface area contributed by atoms with Crippen molar-refractivity contribution in [3.8, 4) is 0 Å². The predicted molar refractivity (Wildman–Crippen MR) is 91.5 cm³/mol. The summed E-state index contributed by atoms with van der Waals surface area (Å²) in [6, 6.07) is 8.45. The fraction of sp³-hybridized carbons (Fsp3) is 0.222. The van der Waals surface area contributed by atoms with Crippen molar-refractivity contribution in [1.82, 2.24) is 0 Å². The van der Waals surface area contributed by atoms with E-state index in [1.54, 1.807) is 12.1 Å². The number of nitrogens with zero attached hydrogens (tertiary/aromatic N) is 1. The number of carbonyl (C=O) groups is 2. The maximum absolute atomic E-state index is 13.5. The predicted octanol–water partition coefficient (Wildman–Crippen LogP) is 3.28. The Bertz CT molecular complexity index is 834. The molecule has 1 aliphatic rings. The van der Waals surface area contributed by atoms with Crippen LogP contribution in [0.1, 0.15) is 12.8 Å². The van der Waals surface area contributed by atoms with Crippen LogP contribution in [0, 0.1) is 17.5 Å². The molecule has 3 rings (SSSR count). The Hall–Kier alpha value is -3.03. The van der Waals surface area contributed by atoms with E-state index in [2.05, 4.69) is 10.2 Å². The molecule has 2 aromatic carbocycles. The molecule has 136 valence electrons. The number of hydrogen-bond donors (Lipinski definition) is 2. The van der Waals surface area contributed by atoms with Crippen LogP contribution < -0.4 is 15.5 Å². The second kappa shape index (κ2) is 7.47. The van der Waals surface area contributed by atoms with Crippen molar-refractivity contribution in [2.75, 3.05) is 28.6 Å². The molecule has 8 heteroatoms. The molecular weight excluding hydrogens is 347 g/mol. The first-order chi connectivity index (χ1) is 12.5. The molecule has 0 aliphatic carbocycles. The SMILES string of the molecule is O=C(Nc1ccc(N2CCCC2)cc1)C(=O)Nc1ccc(F)c(F)c1F. The van der Waals surface area contributed by atoms with Crippen molar-refractivity contribution < 1.29 is 22.8 Å². The largest absolute Gasteiger partial charge is 0.372 e. The highest BCUT2D eigenvalue weighted by atomic mass is 19.2. The van der Waals surface area contributed by atoms with Crippen LogP contribution in [0.15, 0.2) is 36.4 Å². The number of anilines is 3. The molecule has 0 spiro atoms. The lowest BCUT2D eigenvalue weighted by molar-refractivity contribution is -0.133. The van der Waals surface area contributed by atoms with Gasteiger partial charge in [0.1, 0.15) is 0 Å². The van der Waals surface area contributed by atoms with Crippen molar-refractivity contribution in [1.29, 1.82) is 0 Å². The van der Waals surface area contributed by atoms with Gasteiger partial charge in [0.05, 0.1) is 5.69 Å². The Kier molecular flexibility index (Phi) is 5.11. The fourth-order valence-corrected chi connectivity index (χ4v) is 2.72. The van der Waals surface area contributed by atoms with E-state index < -0.39 is 35.0 Å². The molecule has 0 bridgehead atoms. The first kappa shape index (κ1) is 17.8. The zero-order valence-corrected chi connectivity index (χ0v) is 13.7. The van der Waals surface area contributed by atoms with Gasteiger partial charge in [-0.3, -0.25) is 9.59 Å². The summed E-state index contributed by atoms with van der Waals surface area (Å²) in [6.07, 6.45) is 2.28. The second-order valence-electron chi connectivity index (χ2n) is 5.87. The normalized spacial score (nSPS) is 13.6. The highest BCUT2D eigenvalue weighted by Crippen LogP contribution is 2.22. The average Bonchev–Trinajstić information content (AvgIpc) is 3.17. The van der Waals surface area contributed by atoms with Crippen molar-refractivity contribution in [2.45, 2.75) is 12.8 Å². The van der Waals surface area contributed by atoms with Crippen LogP contribution in [-0.4, -0.2) is 24.9 Å². The Labute approximate surface area is 147 Å². The summed E-state index contributed by atoms with van der Waals surface area (Å²) in [7, 11) is 0. The highest BCUT2D eigenvalue weighted by Gasteiger charge is 2.19. The third kappa shape index (κ3) is 3.79. The summed E-state index contributed by atoms with van der Waals surface area (Å²) in [4.78, 5) is 25.9. The first-order valence-corrected chi connectivity index (χ1v) is 8.06. The number of rotatable bonds is 3. The van der Waals surface area contributed by atoms with Crippen LogP contribution in [0.5, 0.6) is 0 Å². The zero-order chi connectivity index (χ0) is 18.7. The lowest BCUT2D eigenvalue weighted by Crippen LogP contribution is -2.29. The Morgan fingerprint density at radius 2 is 1.42 bits per heavy atom. The van der Waals surface area contributed by atoms with Gasteiger partial charge in [-0.05, 0) is 49.2 Å². The molecule has 1 aliphatic heterocycles. The van der Waals surface area contributed by atoms with E-state index in [-0.39, 0.29) is 0 Å². The molecule has 1 saturated heterocycles. The van der Waals surface area contributed by atoms with Crippen molar-refractivity contribution in [3.05, 3.63) is 53.8 Å². The third-order valence-corrected chi connectivity index (χ3v) is 4.09. The van der Waals surface area contributed by atoms with E-state index in [0.29, 0.717) is 11.8 Å². The number of carbonyl (C=O) groups excluding carboxylic acids is 2. The summed E-state index contributed by atoms with van der Waals surface area (Å²) in [6.45, 7) is 1.96. The number of amides is 2.